The lowest BCUT2D eigenvalue weighted by atomic mass is 10.1. The maximum Gasteiger partial charge on any atom is 0.159 e. The van der Waals surface area contributed by atoms with E-state index in [1.54, 1.807) is 38.5 Å². The van der Waals surface area contributed by atoms with Gasteiger partial charge in [-0.15, -0.1) is 0 Å². The molecule has 2 N–H and O–H groups in total. The van der Waals surface area contributed by atoms with Crippen LogP contribution in [0.2, 0.25) is 0 Å². The van der Waals surface area contributed by atoms with Crippen molar-refractivity contribution in [1.82, 2.24) is 0 Å². The number of ether oxygens (including phenoxy) is 3. The Balaban J connectivity index is 1.87. The van der Waals surface area contributed by atoms with E-state index in [0.717, 1.165) is 22.0 Å². The molecular weight excluding hydrogens is 346 g/mol. The van der Waals surface area contributed by atoms with E-state index in [-0.39, 0.29) is 12.4 Å². The second kappa shape index (κ2) is 9.94. The summed E-state index contributed by atoms with van der Waals surface area (Å²) >= 11 is 0. The number of carbonyl (C=O) groups is 1. The van der Waals surface area contributed by atoms with Gasteiger partial charge in [0, 0.05) is 17.2 Å². The third-order valence-corrected chi connectivity index (χ3v) is 4.25. The minimum Gasteiger partial charge on any atom is -0.497 e. The SMILES string of the molecule is COc1ccc(C[NH+](C)C[C@@H](O)COc2cccc(C(C)=O)c2)c(OC)c1. The summed E-state index contributed by atoms with van der Waals surface area (Å²) in [5.41, 5.74) is 1.63. The molecule has 0 amide bonds. The van der Waals surface area contributed by atoms with Crippen LogP contribution in [0.5, 0.6) is 17.2 Å². The van der Waals surface area contributed by atoms with Crippen LogP contribution in [0.25, 0.3) is 0 Å². The van der Waals surface area contributed by atoms with E-state index in [0.29, 0.717) is 24.4 Å². The molecule has 0 aliphatic heterocycles. The topological polar surface area (TPSA) is 69.4 Å². The zero-order valence-corrected chi connectivity index (χ0v) is 16.3. The van der Waals surface area contributed by atoms with E-state index in [1.165, 1.54) is 6.92 Å². The molecule has 0 saturated heterocycles. The summed E-state index contributed by atoms with van der Waals surface area (Å²) in [4.78, 5) is 12.5. The van der Waals surface area contributed by atoms with Crippen LogP contribution in [-0.2, 0) is 6.54 Å². The summed E-state index contributed by atoms with van der Waals surface area (Å²) in [6.07, 6.45) is -0.629. The van der Waals surface area contributed by atoms with Crippen LogP contribution in [0.15, 0.2) is 42.5 Å². The fourth-order valence-electron chi connectivity index (χ4n) is 2.85. The average molecular weight is 374 g/mol. The van der Waals surface area contributed by atoms with E-state index in [4.69, 9.17) is 14.2 Å². The number of carbonyl (C=O) groups excluding carboxylic acids is 1. The number of hydrogen-bond acceptors (Lipinski definition) is 5. The number of ketones is 1. The Bertz CT molecular complexity index is 762. The molecule has 2 aromatic rings. The fraction of sp³-hybridized carbons (Fsp3) is 0.381. The van der Waals surface area contributed by atoms with Crippen LogP contribution in [-0.4, -0.2) is 51.4 Å². The molecule has 146 valence electrons. The number of methoxy groups -OCH3 is 2. The van der Waals surface area contributed by atoms with E-state index < -0.39 is 6.10 Å². The maximum atomic E-state index is 11.4. The average Bonchev–Trinajstić information content (AvgIpc) is 2.66. The van der Waals surface area contributed by atoms with Gasteiger partial charge in [0.15, 0.2) is 5.78 Å². The van der Waals surface area contributed by atoms with Gasteiger partial charge in [0.2, 0.25) is 0 Å². The standard InChI is InChI=1S/C21H27NO5/c1-15(23)16-6-5-7-20(10-16)27-14-18(24)13-22(2)12-17-8-9-19(25-3)11-21(17)26-4/h5-11,18,24H,12-14H2,1-4H3/p+1/t18-/m1/s1. The summed E-state index contributed by atoms with van der Waals surface area (Å²) in [5.74, 6) is 2.07. The number of likely N-dealkylation sites (N-methyl/N-ethyl adjacent to an activating group) is 1. The summed E-state index contributed by atoms with van der Waals surface area (Å²) in [6, 6.07) is 12.7. The Morgan fingerprint density at radius 1 is 1.11 bits per heavy atom. The Hall–Kier alpha value is -2.57. The smallest absolute Gasteiger partial charge is 0.159 e. The summed E-state index contributed by atoms with van der Waals surface area (Å²) < 4.78 is 16.3. The Morgan fingerprint density at radius 3 is 2.56 bits per heavy atom. The summed E-state index contributed by atoms with van der Waals surface area (Å²) in [7, 11) is 5.25. The van der Waals surface area contributed by atoms with Crippen molar-refractivity contribution < 1.29 is 29.0 Å². The van der Waals surface area contributed by atoms with Crippen LogP contribution in [0, 0.1) is 0 Å². The lowest BCUT2D eigenvalue weighted by Crippen LogP contribution is -3.09. The number of nitrogens with one attached hydrogen (secondary N) is 1. The molecule has 0 saturated carbocycles. The largest absolute Gasteiger partial charge is 0.497 e. The molecule has 2 aromatic carbocycles. The highest BCUT2D eigenvalue weighted by Crippen LogP contribution is 2.23. The number of Topliss-reactive ketones (excluding diaryl/α,β-unsaturated/α-hetero) is 1. The molecule has 2 rings (SSSR count). The number of quaternary nitrogens is 1. The van der Waals surface area contributed by atoms with Gasteiger partial charge in [-0.05, 0) is 31.2 Å². The first kappa shape index (κ1) is 20.7. The van der Waals surface area contributed by atoms with Crippen molar-refractivity contribution in [2.75, 3.05) is 34.4 Å². The monoisotopic (exact) mass is 374 g/mol. The highest BCUT2D eigenvalue weighted by Gasteiger charge is 2.15. The molecule has 0 aromatic heterocycles. The first-order valence-corrected chi connectivity index (χ1v) is 8.87. The molecule has 27 heavy (non-hydrogen) atoms. The minimum absolute atomic E-state index is 0.0152. The first-order valence-electron chi connectivity index (χ1n) is 8.87. The fourth-order valence-corrected chi connectivity index (χ4v) is 2.85. The predicted molar refractivity (Wildman–Crippen MR) is 103 cm³/mol. The molecule has 1 unspecified atom stereocenters. The summed E-state index contributed by atoms with van der Waals surface area (Å²) in [5, 5.41) is 10.3. The van der Waals surface area contributed by atoms with Crippen LogP contribution in [0.1, 0.15) is 22.8 Å². The van der Waals surface area contributed by atoms with Gasteiger partial charge >= 0.3 is 0 Å². The van der Waals surface area contributed by atoms with E-state index >= 15 is 0 Å². The third kappa shape index (κ3) is 6.27. The first-order chi connectivity index (χ1) is 12.9. The van der Waals surface area contributed by atoms with E-state index in [1.807, 2.05) is 25.2 Å². The molecule has 0 heterocycles. The Kier molecular flexibility index (Phi) is 7.64. The van der Waals surface area contributed by atoms with Gasteiger partial charge in [0.25, 0.3) is 0 Å². The van der Waals surface area contributed by atoms with Gasteiger partial charge in [-0.2, -0.15) is 0 Å². The van der Waals surface area contributed by atoms with Gasteiger partial charge in [-0.25, -0.2) is 0 Å². The van der Waals surface area contributed by atoms with Crippen molar-refractivity contribution in [3.8, 4) is 17.2 Å². The molecule has 0 bridgehead atoms. The molecule has 0 aliphatic carbocycles. The van der Waals surface area contributed by atoms with Crippen LogP contribution in [0.3, 0.4) is 0 Å². The second-order valence-electron chi connectivity index (χ2n) is 6.56. The summed E-state index contributed by atoms with van der Waals surface area (Å²) in [6.45, 7) is 2.89. The molecule has 0 radical (unpaired) electrons. The maximum absolute atomic E-state index is 11.4. The van der Waals surface area contributed by atoms with Crippen LogP contribution in [0.4, 0.5) is 0 Å². The van der Waals surface area contributed by atoms with Crippen LogP contribution >= 0.6 is 0 Å². The van der Waals surface area contributed by atoms with Crippen LogP contribution < -0.4 is 19.1 Å². The molecule has 2 atom stereocenters. The van der Waals surface area contributed by atoms with Gasteiger partial charge in [0.1, 0.15) is 43.0 Å². The van der Waals surface area contributed by atoms with Crippen molar-refractivity contribution >= 4 is 5.78 Å². The molecule has 6 heteroatoms. The van der Waals surface area contributed by atoms with Gasteiger partial charge < -0.3 is 24.2 Å². The third-order valence-electron chi connectivity index (χ3n) is 4.25. The number of hydrogen-bond donors (Lipinski definition) is 2. The van der Waals surface area contributed by atoms with Gasteiger partial charge in [0.05, 0.1) is 21.3 Å². The number of aliphatic hydroxyl groups excluding tert-OH is 1. The van der Waals surface area contributed by atoms with E-state index in [9.17, 15) is 9.90 Å². The van der Waals surface area contributed by atoms with Gasteiger partial charge in [-0.3, -0.25) is 4.79 Å². The van der Waals surface area contributed by atoms with Crippen molar-refractivity contribution in [2.24, 2.45) is 0 Å². The minimum atomic E-state index is -0.629. The zero-order chi connectivity index (χ0) is 19.8. The van der Waals surface area contributed by atoms with Crippen molar-refractivity contribution in [1.29, 1.82) is 0 Å². The molecule has 0 spiro atoms. The number of aliphatic hydroxyl groups is 1. The molecule has 0 fully saturated rings. The van der Waals surface area contributed by atoms with Gasteiger partial charge in [-0.1, -0.05) is 12.1 Å². The molecule has 0 aliphatic rings. The Labute approximate surface area is 160 Å². The van der Waals surface area contributed by atoms with E-state index in [2.05, 4.69) is 0 Å². The molecular formula is C21H28NO5+. The number of benzene rings is 2. The Morgan fingerprint density at radius 2 is 1.89 bits per heavy atom. The lowest BCUT2D eigenvalue weighted by Gasteiger charge is -2.20. The van der Waals surface area contributed by atoms with Crippen molar-refractivity contribution in [3.63, 3.8) is 0 Å². The normalized spacial score (nSPS) is 12.9. The van der Waals surface area contributed by atoms with Crippen molar-refractivity contribution in [2.45, 2.75) is 19.6 Å². The highest BCUT2D eigenvalue weighted by molar-refractivity contribution is 5.94. The predicted octanol–water partition coefficient (Wildman–Crippen LogP) is 1.36. The van der Waals surface area contributed by atoms with Crippen molar-refractivity contribution in [3.05, 3.63) is 53.6 Å². The number of rotatable bonds is 10. The highest BCUT2D eigenvalue weighted by atomic mass is 16.5. The lowest BCUT2D eigenvalue weighted by molar-refractivity contribution is -0.897. The zero-order valence-electron chi connectivity index (χ0n) is 16.3. The second-order valence-corrected chi connectivity index (χ2v) is 6.56. The molecule has 6 nitrogen and oxygen atoms in total. The quantitative estimate of drug-likeness (QED) is 0.615.